The lowest BCUT2D eigenvalue weighted by atomic mass is 9.78. The Labute approximate surface area is 376 Å². The second kappa shape index (κ2) is 22.3. The summed E-state index contributed by atoms with van der Waals surface area (Å²) in [5.41, 5.74) is 5.22. The predicted molar refractivity (Wildman–Crippen MR) is 263 cm³/mol. The monoisotopic (exact) mass is 895 g/mol. The molecule has 2 aromatic rings. The first-order chi connectivity index (χ1) is 28.0. The highest BCUT2D eigenvalue weighted by Gasteiger charge is 2.43. The molecule has 10 heteroatoms. The average Bonchev–Trinajstić information content (AvgIpc) is 3.12. The van der Waals surface area contributed by atoms with Crippen molar-refractivity contribution in [3.05, 3.63) is 95.2 Å². The van der Waals surface area contributed by atoms with Crippen molar-refractivity contribution in [2.24, 2.45) is 5.41 Å². The van der Waals surface area contributed by atoms with E-state index in [9.17, 15) is 4.79 Å². The molecule has 0 amide bonds. The van der Waals surface area contributed by atoms with Crippen LogP contribution in [-0.2, 0) is 45.8 Å². The molecule has 0 saturated carbocycles. The van der Waals surface area contributed by atoms with E-state index in [2.05, 4.69) is 123 Å². The van der Waals surface area contributed by atoms with Crippen LogP contribution in [0.4, 0.5) is 0 Å². The highest BCUT2D eigenvalue weighted by Crippen LogP contribution is 2.41. The molecule has 0 aromatic heterocycles. The third-order valence-electron chi connectivity index (χ3n) is 12.8. The number of benzene rings is 2. The van der Waals surface area contributed by atoms with E-state index < -0.39 is 42.0 Å². The summed E-state index contributed by atoms with van der Waals surface area (Å²) in [5, 5.41) is 0.182. The Bertz CT molecular complexity index is 1680. The van der Waals surface area contributed by atoms with Crippen LogP contribution in [0.5, 0.6) is 0 Å². The van der Waals surface area contributed by atoms with E-state index in [0.717, 1.165) is 24.0 Å². The van der Waals surface area contributed by atoms with Crippen molar-refractivity contribution in [3.63, 3.8) is 0 Å². The quantitative estimate of drug-likeness (QED) is 0.0625. The first kappa shape index (κ1) is 53.3. The van der Waals surface area contributed by atoms with Crippen molar-refractivity contribution in [1.82, 2.24) is 0 Å². The zero-order valence-electron chi connectivity index (χ0n) is 41.5. The summed E-state index contributed by atoms with van der Waals surface area (Å²) in [6.45, 7) is 40.3. The van der Waals surface area contributed by atoms with Crippen LogP contribution in [0.15, 0.2) is 84.1 Å². The number of hydrogen-bond acceptors (Lipinski definition) is 7. The SMILES string of the molecule is CC1(C)O[C@@H](C[C@H](OCc2ccccc2)C(C)(C)C(=O)/C=C/C/C(=C\[Si](C)(C)C)C[C@H](CO[Si](C)(C)C(C)(C)C)O[Si](C)(C)C(C)(C)C)C[C@H](CCOCc2ccccc2)O1. The van der Waals surface area contributed by atoms with Crippen LogP contribution in [0, 0.1) is 5.41 Å². The lowest BCUT2D eigenvalue weighted by molar-refractivity contribution is -0.306. The second-order valence-electron chi connectivity index (χ2n) is 22.6. The molecule has 1 aliphatic heterocycles. The van der Waals surface area contributed by atoms with E-state index in [0.29, 0.717) is 45.7 Å². The third kappa shape index (κ3) is 18.2. The zero-order chi connectivity index (χ0) is 45.9. The van der Waals surface area contributed by atoms with Gasteiger partial charge in [-0.05, 0) is 86.6 Å². The van der Waals surface area contributed by atoms with Gasteiger partial charge in [-0.2, -0.15) is 0 Å². The molecule has 0 radical (unpaired) electrons. The van der Waals surface area contributed by atoms with E-state index in [4.69, 9.17) is 27.8 Å². The Morgan fingerprint density at radius 3 is 1.87 bits per heavy atom. The smallest absolute Gasteiger partial charge is 0.192 e. The van der Waals surface area contributed by atoms with Crippen molar-refractivity contribution in [1.29, 1.82) is 0 Å². The number of rotatable bonds is 23. The lowest BCUT2D eigenvalue weighted by Crippen LogP contribution is -2.48. The number of carbonyl (C=O) groups excluding carboxylic acids is 1. The summed E-state index contributed by atoms with van der Waals surface area (Å²) in [6, 6.07) is 20.4. The molecular weight excluding hydrogens is 809 g/mol. The van der Waals surface area contributed by atoms with Gasteiger partial charge in [0.25, 0.3) is 0 Å². The predicted octanol–water partition coefficient (Wildman–Crippen LogP) is 13.6. The van der Waals surface area contributed by atoms with Gasteiger partial charge in [-0.25, -0.2) is 0 Å². The van der Waals surface area contributed by atoms with Gasteiger partial charge in [0.15, 0.2) is 28.2 Å². The van der Waals surface area contributed by atoms with Gasteiger partial charge in [0.1, 0.15) is 0 Å². The molecular formula is C51H86O7Si3. The largest absolute Gasteiger partial charge is 0.414 e. The fraction of sp³-hybridized carbons (Fsp3) is 0.667. The Morgan fingerprint density at radius 1 is 0.787 bits per heavy atom. The minimum Gasteiger partial charge on any atom is -0.414 e. The minimum atomic E-state index is -2.10. The Hall–Kier alpha value is -2.00. The molecule has 0 bridgehead atoms. The molecule has 2 aromatic carbocycles. The molecule has 0 spiro atoms. The molecule has 0 N–H and O–H groups in total. The maximum absolute atomic E-state index is 14.4. The molecule has 1 aliphatic rings. The topological polar surface area (TPSA) is 72.5 Å². The van der Waals surface area contributed by atoms with Crippen molar-refractivity contribution < 1.29 is 32.6 Å². The highest BCUT2D eigenvalue weighted by atomic mass is 28.4. The van der Waals surface area contributed by atoms with E-state index in [1.54, 1.807) is 6.08 Å². The molecule has 0 aliphatic carbocycles. The highest BCUT2D eigenvalue weighted by molar-refractivity contribution is 6.81. The number of hydrogen-bond donors (Lipinski definition) is 0. The molecule has 344 valence electrons. The number of ether oxygens (including phenoxy) is 4. The van der Waals surface area contributed by atoms with Crippen LogP contribution in [0.25, 0.3) is 0 Å². The van der Waals surface area contributed by atoms with E-state index in [1.165, 1.54) is 5.57 Å². The van der Waals surface area contributed by atoms with Crippen LogP contribution in [0.3, 0.4) is 0 Å². The van der Waals surface area contributed by atoms with Gasteiger partial charge in [-0.1, -0.05) is 153 Å². The van der Waals surface area contributed by atoms with Gasteiger partial charge in [0.2, 0.25) is 0 Å². The second-order valence-corrected chi connectivity index (χ2v) is 37.2. The van der Waals surface area contributed by atoms with Gasteiger partial charge in [0.05, 0.1) is 57.7 Å². The summed E-state index contributed by atoms with van der Waals surface area (Å²) < 4.78 is 39.7. The van der Waals surface area contributed by atoms with Crippen molar-refractivity contribution in [3.8, 4) is 0 Å². The molecule has 1 heterocycles. The Morgan fingerprint density at radius 2 is 1.33 bits per heavy atom. The Balaban J connectivity index is 1.82. The molecule has 0 unspecified atom stereocenters. The van der Waals surface area contributed by atoms with Crippen molar-refractivity contribution >= 4 is 30.5 Å². The van der Waals surface area contributed by atoms with Crippen molar-refractivity contribution in [2.45, 2.75) is 201 Å². The molecule has 1 saturated heterocycles. The zero-order valence-corrected chi connectivity index (χ0v) is 44.5. The minimum absolute atomic E-state index is 0.0358. The Kier molecular flexibility index (Phi) is 19.5. The van der Waals surface area contributed by atoms with Crippen LogP contribution in [0.1, 0.15) is 112 Å². The molecule has 1 fully saturated rings. The number of carbonyl (C=O) groups is 1. The van der Waals surface area contributed by atoms with Crippen molar-refractivity contribution in [2.75, 3.05) is 13.2 Å². The number of allylic oxidation sites excluding steroid dienone is 2. The summed E-state index contributed by atoms with van der Waals surface area (Å²) in [4.78, 5) is 14.4. The fourth-order valence-electron chi connectivity index (χ4n) is 7.14. The van der Waals surface area contributed by atoms with Crippen LogP contribution < -0.4 is 0 Å². The van der Waals surface area contributed by atoms with Crippen LogP contribution >= 0.6 is 0 Å². The van der Waals surface area contributed by atoms with E-state index >= 15 is 0 Å². The van der Waals surface area contributed by atoms with Gasteiger partial charge in [-0.3, -0.25) is 4.79 Å². The summed E-state index contributed by atoms with van der Waals surface area (Å²) in [7, 11) is -5.73. The first-order valence-corrected chi connectivity index (χ1v) is 32.3. The third-order valence-corrected chi connectivity index (χ3v) is 23.1. The fourth-order valence-corrected chi connectivity index (χ4v) is 11.0. The standard InChI is InChI=1S/C51H86O7Si3/c1-48(2,3)60(14,15)55-38-45(58-61(16,17)49(4,5)6)33-42(39-59(11,12)13)29-24-30-46(52)50(7,8)47(54-37-41-27-22-19-23-28-41)35-44-34-43(56-51(9,10)57-44)31-32-53-36-40-25-20-18-21-26-40/h18-28,30,39,43-45,47H,29,31-38H2,1-17H3/b30-24+,42-39+/t43-,44+,45+,47-/m0/s1. The first-order valence-electron chi connectivity index (χ1n) is 22.9. The van der Waals surface area contributed by atoms with Gasteiger partial charge < -0.3 is 27.8 Å². The van der Waals surface area contributed by atoms with Gasteiger partial charge in [-0.15, -0.1) is 0 Å². The van der Waals surface area contributed by atoms with Gasteiger partial charge >= 0.3 is 0 Å². The summed E-state index contributed by atoms with van der Waals surface area (Å²) in [5.74, 6) is -0.725. The van der Waals surface area contributed by atoms with Crippen LogP contribution in [-0.4, -0.2) is 73.9 Å². The summed E-state index contributed by atoms with van der Waals surface area (Å²) >= 11 is 0. The maximum atomic E-state index is 14.4. The average molecular weight is 895 g/mol. The molecule has 7 nitrogen and oxygen atoms in total. The normalized spacial score (nSPS) is 19.6. The molecule has 3 rings (SSSR count). The molecule has 4 atom stereocenters. The van der Waals surface area contributed by atoms with Gasteiger partial charge in [0, 0.05) is 19.4 Å². The van der Waals surface area contributed by atoms with E-state index in [-0.39, 0.29) is 34.2 Å². The number of ketones is 1. The van der Waals surface area contributed by atoms with E-state index in [1.807, 2.05) is 64.1 Å². The molecule has 61 heavy (non-hydrogen) atoms. The van der Waals surface area contributed by atoms with Crippen LogP contribution in [0.2, 0.25) is 55.9 Å². The maximum Gasteiger partial charge on any atom is 0.192 e. The summed E-state index contributed by atoms with van der Waals surface area (Å²) in [6.07, 6.45) is 6.72. The lowest BCUT2D eigenvalue weighted by Gasteiger charge is -2.43.